The number of halogens is 2. The Morgan fingerprint density at radius 3 is 2.86 bits per heavy atom. The molecule has 0 aliphatic heterocycles. The zero-order valence-corrected chi connectivity index (χ0v) is 14.8. The van der Waals surface area contributed by atoms with Gasteiger partial charge in [-0.15, -0.1) is 0 Å². The van der Waals surface area contributed by atoms with E-state index in [4.69, 9.17) is 11.6 Å². The third-order valence-electron chi connectivity index (χ3n) is 3.38. The Balaban J connectivity index is 2.28. The van der Waals surface area contributed by atoms with E-state index in [9.17, 15) is 0 Å². The van der Waals surface area contributed by atoms with Gasteiger partial charge < -0.3 is 5.32 Å². The van der Waals surface area contributed by atoms with Crippen molar-refractivity contribution in [2.75, 3.05) is 6.54 Å². The first-order valence-corrected chi connectivity index (χ1v) is 8.51. The van der Waals surface area contributed by atoms with Gasteiger partial charge in [0, 0.05) is 11.6 Å². The minimum absolute atomic E-state index is 0.219. The molecule has 1 heterocycles. The summed E-state index contributed by atoms with van der Waals surface area (Å²) >= 11 is 9.73. The Morgan fingerprint density at radius 2 is 2.19 bits per heavy atom. The van der Waals surface area contributed by atoms with Gasteiger partial charge in [-0.2, -0.15) is 5.10 Å². The molecule has 114 valence electrons. The van der Waals surface area contributed by atoms with E-state index < -0.39 is 0 Å². The lowest BCUT2D eigenvalue weighted by Crippen LogP contribution is -2.26. The van der Waals surface area contributed by atoms with Crippen LogP contribution in [0.15, 0.2) is 34.9 Å². The number of hydrogen-bond donors (Lipinski definition) is 1. The average molecular weight is 371 g/mol. The normalized spacial score (nSPS) is 12.6. The lowest BCUT2D eigenvalue weighted by Gasteiger charge is -2.20. The van der Waals surface area contributed by atoms with Crippen LogP contribution >= 0.6 is 27.5 Å². The van der Waals surface area contributed by atoms with Crippen molar-refractivity contribution in [3.63, 3.8) is 0 Å². The molecular weight excluding hydrogens is 350 g/mol. The summed E-state index contributed by atoms with van der Waals surface area (Å²) < 4.78 is 3.14. The molecule has 3 nitrogen and oxygen atoms in total. The zero-order valence-electron chi connectivity index (χ0n) is 12.4. The van der Waals surface area contributed by atoms with Crippen LogP contribution in [0.2, 0.25) is 5.02 Å². The first kappa shape index (κ1) is 16.5. The fourth-order valence-electron chi connectivity index (χ4n) is 2.52. The molecule has 0 aliphatic carbocycles. The molecule has 0 spiro atoms. The summed E-state index contributed by atoms with van der Waals surface area (Å²) in [5.74, 6) is 0. The molecule has 0 aliphatic rings. The monoisotopic (exact) mass is 369 g/mol. The van der Waals surface area contributed by atoms with Crippen molar-refractivity contribution in [1.82, 2.24) is 15.1 Å². The molecule has 2 rings (SSSR count). The molecule has 1 aromatic carbocycles. The number of rotatable bonds is 7. The van der Waals surface area contributed by atoms with Crippen molar-refractivity contribution in [2.24, 2.45) is 0 Å². The van der Waals surface area contributed by atoms with Crippen LogP contribution in [-0.2, 0) is 13.0 Å². The highest BCUT2D eigenvalue weighted by Gasteiger charge is 2.19. The molecule has 1 atom stereocenters. The van der Waals surface area contributed by atoms with Gasteiger partial charge in [-0.3, -0.25) is 4.68 Å². The molecule has 0 amide bonds. The van der Waals surface area contributed by atoms with Gasteiger partial charge in [-0.25, -0.2) is 0 Å². The van der Waals surface area contributed by atoms with Crippen LogP contribution in [0.5, 0.6) is 0 Å². The van der Waals surface area contributed by atoms with Crippen molar-refractivity contribution < 1.29 is 0 Å². The molecule has 0 saturated heterocycles. The minimum atomic E-state index is 0.219. The maximum atomic E-state index is 6.10. The number of nitrogens with zero attached hydrogens (tertiary/aromatic N) is 2. The van der Waals surface area contributed by atoms with E-state index in [0.717, 1.165) is 35.4 Å². The summed E-state index contributed by atoms with van der Waals surface area (Å²) in [6.45, 7) is 6.13. The van der Waals surface area contributed by atoms with E-state index in [0.29, 0.717) is 0 Å². The van der Waals surface area contributed by atoms with Crippen LogP contribution in [0.4, 0.5) is 0 Å². The topological polar surface area (TPSA) is 29.9 Å². The molecule has 0 radical (unpaired) electrons. The number of aryl methyl sites for hydroxylation is 1. The summed E-state index contributed by atoms with van der Waals surface area (Å²) in [5, 5.41) is 8.81. The van der Waals surface area contributed by atoms with Crippen molar-refractivity contribution in [1.29, 1.82) is 0 Å². The Kier molecular flexibility index (Phi) is 6.27. The van der Waals surface area contributed by atoms with Crippen LogP contribution < -0.4 is 5.32 Å². The van der Waals surface area contributed by atoms with Gasteiger partial charge in [-0.05, 0) is 53.0 Å². The van der Waals surface area contributed by atoms with Crippen LogP contribution in [0.3, 0.4) is 0 Å². The molecule has 0 bridgehead atoms. The van der Waals surface area contributed by atoms with Gasteiger partial charge >= 0.3 is 0 Å². The average Bonchev–Trinajstić information content (AvgIpc) is 2.80. The first-order valence-electron chi connectivity index (χ1n) is 7.34. The first-order chi connectivity index (χ1) is 10.2. The predicted octanol–water partition coefficient (Wildman–Crippen LogP) is 4.60. The maximum absolute atomic E-state index is 6.10. The van der Waals surface area contributed by atoms with Gasteiger partial charge in [0.05, 0.1) is 22.4 Å². The molecule has 21 heavy (non-hydrogen) atoms. The molecule has 2 aromatic rings. The smallest absolute Gasteiger partial charge is 0.0699 e. The number of likely N-dealkylation sites (N-methyl/N-ethyl adjacent to an activating group) is 1. The third kappa shape index (κ3) is 4.31. The van der Waals surface area contributed by atoms with E-state index in [-0.39, 0.29) is 6.04 Å². The van der Waals surface area contributed by atoms with E-state index in [1.807, 2.05) is 24.4 Å². The maximum Gasteiger partial charge on any atom is 0.0699 e. The molecule has 5 heteroatoms. The molecule has 1 aromatic heterocycles. The van der Waals surface area contributed by atoms with Gasteiger partial charge in [0.2, 0.25) is 0 Å². The Hall–Kier alpha value is -0.840. The quantitative estimate of drug-likeness (QED) is 0.772. The summed E-state index contributed by atoms with van der Waals surface area (Å²) in [7, 11) is 0. The van der Waals surface area contributed by atoms with Gasteiger partial charge in [0.1, 0.15) is 0 Å². The highest BCUT2D eigenvalue weighted by atomic mass is 79.9. The Bertz CT molecular complexity index is 583. The predicted molar refractivity (Wildman–Crippen MR) is 91.8 cm³/mol. The fourth-order valence-corrected chi connectivity index (χ4v) is 3.31. The lowest BCUT2D eigenvalue weighted by atomic mass is 10.0. The van der Waals surface area contributed by atoms with E-state index in [1.165, 1.54) is 11.3 Å². The van der Waals surface area contributed by atoms with Gasteiger partial charge in [0.15, 0.2) is 0 Å². The molecule has 1 unspecified atom stereocenters. The SMILES string of the molecule is CCCn1ncc(Br)c1C(Cc1cccc(Cl)c1)NCC. The minimum Gasteiger partial charge on any atom is -0.309 e. The van der Waals surface area contributed by atoms with Crippen molar-refractivity contribution in [2.45, 2.75) is 39.3 Å². The second-order valence-electron chi connectivity index (χ2n) is 5.05. The largest absolute Gasteiger partial charge is 0.309 e. The summed E-state index contributed by atoms with van der Waals surface area (Å²) in [6.07, 6.45) is 3.84. The van der Waals surface area contributed by atoms with Crippen molar-refractivity contribution in [3.05, 3.63) is 51.2 Å². The van der Waals surface area contributed by atoms with Gasteiger partial charge in [0.25, 0.3) is 0 Å². The van der Waals surface area contributed by atoms with Crippen LogP contribution in [0.1, 0.15) is 37.6 Å². The fraction of sp³-hybridized carbons (Fsp3) is 0.438. The highest BCUT2D eigenvalue weighted by molar-refractivity contribution is 9.10. The standard InChI is InChI=1S/C16H21BrClN3/c1-3-8-21-16(14(17)11-20-21)15(19-4-2)10-12-6-5-7-13(18)9-12/h5-7,9,11,15,19H,3-4,8,10H2,1-2H3. The van der Waals surface area contributed by atoms with Crippen LogP contribution in [0.25, 0.3) is 0 Å². The highest BCUT2D eigenvalue weighted by Crippen LogP contribution is 2.27. The van der Waals surface area contributed by atoms with Crippen LogP contribution in [0, 0.1) is 0 Å². The molecule has 1 N–H and O–H groups in total. The summed E-state index contributed by atoms with van der Waals surface area (Å²) in [4.78, 5) is 0. The Morgan fingerprint density at radius 1 is 1.38 bits per heavy atom. The van der Waals surface area contributed by atoms with E-state index in [2.05, 4.69) is 50.9 Å². The van der Waals surface area contributed by atoms with Gasteiger partial charge in [-0.1, -0.05) is 37.6 Å². The molecular formula is C16H21BrClN3. The van der Waals surface area contributed by atoms with Crippen LogP contribution in [-0.4, -0.2) is 16.3 Å². The number of nitrogens with one attached hydrogen (secondary N) is 1. The number of hydrogen-bond acceptors (Lipinski definition) is 2. The van der Waals surface area contributed by atoms with Crippen molar-refractivity contribution in [3.8, 4) is 0 Å². The third-order valence-corrected chi connectivity index (χ3v) is 4.22. The second-order valence-corrected chi connectivity index (χ2v) is 6.34. The van der Waals surface area contributed by atoms with E-state index >= 15 is 0 Å². The van der Waals surface area contributed by atoms with Crippen molar-refractivity contribution >= 4 is 27.5 Å². The second kappa shape index (κ2) is 7.97. The molecule has 0 fully saturated rings. The zero-order chi connectivity index (χ0) is 15.2. The number of aromatic nitrogens is 2. The summed E-state index contributed by atoms with van der Waals surface area (Å²) in [5.41, 5.74) is 2.43. The Labute approximate surface area is 139 Å². The summed E-state index contributed by atoms with van der Waals surface area (Å²) in [6, 6.07) is 8.27. The lowest BCUT2D eigenvalue weighted by molar-refractivity contribution is 0.476. The number of benzene rings is 1. The molecule has 0 saturated carbocycles. The van der Waals surface area contributed by atoms with E-state index in [1.54, 1.807) is 0 Å².